The van der Waals surface area contributed by atoms with Crippen LogP contribution in [0.15, 0.2) is 48.5 Å². The van der Waals surface area contributed by atoms with Gasteiger partial charge in [-0.25, -0.2) is 9.18 Å². The van der Waals surface area contributed by atoms with Crippen molar-refractivity contribution in [1.29, 1.82) is 0 Å². The summed E-state index contributed by atoms with van der Waals surface area (Å²) in [5.74, 6) is -2.94. The van der Waals surface area contributed by atoms with Gasteiger partial charge in [-0.05, 0) is 36.6 Å². The fourth-order valence-electron chi connectivity index (χ4n) is 2.62. The van der Waals surface area contributed by atoms with E-state index in [0.29, 0.717) is 23.5 Å². The van der Waals surface area contributed by atoms with Crippen LogP contribution in [0.2, 0.25) is 0 Å². The molecule has 0 spiro atoms. The average Bonchev–Trinajstić information content (AvgIpc) is 2.86. The van der Waals surface area contributed by atoms with E-state index in [-0.39, 0.29) is 16.9 Å². The molecule has 1 unspecified atom stereocenters. The summed E-state index contributed by atoms with van der Waals surface area (Å²) in [5, 5.41) is 0.493. The maximum atomic E-state index is 13.6. The van der Waals surface area contributed by atoms with E-state index in [1.807, 2.05) is 0 Å². The van der Waals surface area contributed by atoms with Crippen LogP contribution in [-0.2, 0) is 16.1 Å². The highest BCUT2D eigenvalue weighted by Gasteiger charge is 2.39. The van der Waals surface area contributed by atoms with Gasteiger partial charge >= 0.3 is 5.97 Å². The van der Waals surface area contributed by atoms with Crippen LogP contribution in [0.4, 0.5) is 4.39 Å². The Labute approximate surface area is 144 Å². The zero-order valence-corrected chi connectivity index (χ0v) is 13.6. The van der Waals surface area contributed by atoms with Gasteiger partial charge in [-0.1, -0.05) is 42.3 Å². The van der Waals surface area contributed by atoms with Crippen molar-refractivity contribution in [1.82, 2.24) is 5.06 Å². The van der Waals surface area contributed by atoms with Crippen LogP contribution < -0.4 is 0 Å². The van der Waals surface area contributed by atoms with Crippen LogP contribution in [0.25, 0.3) is 0 Å². The number of halogens is 1. The number of aryl methyl sites for hydroxylation is 1. The molecular weight excluding hydrogens is 325 g/mol. The van der Waals surface area contributed by atoms with Crippen molar-refractivity contribution < 1.29 is 23.6 Å². The molecular formula is C19H16FNO4. The molecule has 0 saturated carbocycles. The third-order valence-electron chi connectivity index (χ3n) is 4.14. The van der Waals surface area contributed by atoms with Crippen LogP contribution in [0, 0.1) is 11.7 Å². The fourth-order valence-corrected chi connectivity index (χ4v) is 2.62. The second-order valence-corrected chi connectivity index (χ2v) is 5.89. The summed E-state index contributed by atoms with van der Waals surface area (Å²) < 4.78 is 13.6. The van der Waals surface area contributed by atoms with Gasteiger partial charge in [-0.3, -0.25) is 9.59 Å². The van der Waals surface area contributed by atoms with E-state index in [9.17, 15) is 18.8 Å². The first kappa shape index (κ1) is 16.8. The Hall–Kier alpha value is -3.02. The van der Waals surface area contributed by atoms with Crippen molar-refractivity contribution in [2.75, 3.05) is 0 Å². The maximum Gasteiger partial charge on any atom is 0.336 e. The minimum atomic E-state index is -0.703. The first-order valence-corrected chi connectivity index (χ1v) is 7.92. The van der Waals surface area contributed by atoms with E-state index in [2.05, 4.69) is 0 Å². The number of carbonyl (C=O) groups is 3. The Balaban J connectivity index is 1.62. The highest BCUT2D eigenvalue weighted by Crippen LogP contribution is 2.24. The standard InChI is InChI=1S/C19H16FNO4/c1-12(10-11-13-6-2-5-9-16(13)20)19(24)25-21-17(22)14-7-3-4-8-15(14)18(21)23/h2-9,12H,10-11H2,1H3. The summed E-state index contributed by atoms with van der Waals surface area (Å²) in [6, 6.07) is 12.6. The summed E-state index contributed by atoms with van der Waals surface area (Å²) in [5.41, 5.74) is 0.918. The summed E-state index contributed by atoms with van der Waals surface area (Å²) in [4.78, 5) is 41.5. The van der Waals surface area contributed by atoms with Crippen molar-refractivity contribution in [3.8, 4) is 0 Å². The van der Waals surface area contributed by atoms with Crippen molar-refractivity contribution in [3.05, 3.63) is 71.0 Å². The first-order valence-electron chi connectivity index (χ1n) is 7.92. The highest BCUT2D eigenvalue weighted by molar-refractivity contribution is 6.20. The van der Waals surface area contributed by atoms with E-state index in [1.54, 1.807) is 37.3 Å². The third-order valence-corrected chi connectivity index (χ3v) is 4.14. The van der Waals surface area contributed by atoms with E-state index >= 15 is 0 Å². The van der Waals surface area contributed by atoms with Crippen molar-refractivity contribution in [2.24, 2.45) is 5.92 Å². The minimum Gasteiger partial charge on any atom is -0.329 e. The Morgan fingerprint density at radius 2 is 1.60 bits per heavy atom. The molecule has 0 radical (unpaired) electrons. The maximum absolute atomic E-state index is 13.6. The number of amides is 2. The van der Waals surface area contributed by atoms with Crippen molar-refractivity contribution >= 4 is 17.8 Å². The Morgan fingerprint density at radius 3 is 2.20 bits per heavy atom. The van der Waals surface area contributed by atoms with Crippen molar-refractivity contribution in [2.45, 2.75) is 19.8 Å². The lowest BCUT2D eigenvalue weighted by Crippen LogP contribution is -2.34. The van der Waals surface area contributed by atoms with Gasteiger partial charge in [0.05, 0.1) is 17.0 Å². The average molecular weight is 341 g/mol. The Morgan fingerprint density at radius 1 is 1.04 bits per heavy atom. The van der Waals surface area contributed by atoms with Gasteiger partial charge in [0.2, 0.25) is 0 Å². The topological polar surface area (TPSA) is 63.7 Å². The lowest BCUT2D eigenvalue weighted by Gasteiger charge is -2.16. The first-order chi connectivity index (χ1) is 12.0. The summed E-state index contributed by atoms with van der Waals surface area (Å²) in [6.07, 6.45) is 0.688. The molecule has 3 rings (SSSR count). The molecule has 6 heteroatoms. The summed E-state index contributed by atoms with van der Waals surface area (Å²) in [7, 11) is 0. The van der Waals surface area contributed by atoms with E-state index < -0.39 is 23.7 Å². The molecule has 1 atom stereocenters. The lowest BCUT2D eigenvalue weighted by molar-refractivity contribution is -0.173. The Bertz CT molecular complexity index is 814. The van der Waals surface area contributed by atoms with E-state index in [1.165, 1.54) is 18.2 Å². The fraction of sp³-hybridized carbons (Fsp3) is 0.211. The molecule has 0 saturated heterocycles. The molecule has 0 N–H and O–H groups in total. The highest BCUT2D eigenvalue weighted by atomic mass is 19.1. The zero-order chi connectivity index (χ0) is 18.0. The number of carbonyl (C=O) groups excluding carboxylic acids is 3. The number of hydrogen-bond donors (Lipinski definition) is 0. The molecule has 2 amide bonds. The molecule has 0 fully saturated rings. The second kappa shape index (κ2) is 6.84. The largest absolute Gasteiger partial charge is 0.336 e. The molecule has 0 bridgehead atoms. The number of nitrogens with zero attached hydrogens (tertiary/aromatic N) is 1. The monoisotopic (exact) mass is 341 g/mol. The van der Waals surface area contributed by atoms with Crippen LogP contribution in [0.5, 0.6) is 0 Å². The van der Waals surface area contributed by atoms with Gasteiger partial charge in [0, 0.05) is 0 Å². The molecule has 0 aliphatic carbocycles. The van der Waals surface area contributed by atoms with Crippen LogP contribution >= 0.6 is 0 Å². The quantitative estimate of drug-likeness (QED) is 0.784. The van der Waals surface area contributed by atoms with Crippen LogP contribution in [0.1, 0.15) is 39.6 Å². The van der Waals surface area contributed by atoms with Gasteiger partial charge in [-0.15, -0.1) is 0 Å². The van der Waals surface area contributed by atoms with Gasteiger partial charge in [0.1, 0.15) is 5.82 Å². The van der Waals surface area contributed by atoms with Crippen molar-refractivity contribution in [3.63, 3.8) is 0 Å². The van der Waals surface area contributed by atoms with Crippen LogP contribution in [-0.4, -0.2) is 22.8 Å². The molecule has 25 heavy (non-hydrogen) atoms. The second-order valence-electron chi connectivity index (χ2n) is 5.89. The number of rotatable bonds is 5. The summed E-state index contributed by atoms with van der Waals surface area (Å²) >= 11 is 0. The molecule has 0 aromatic heterocycles. The molecule has 2 aromatic rings. The number of benzene rings is 2. The number of imide groups is 1. The third kappa shape index (κ3) is 3.28. The van der Waals surface area contributed by atoms with E-state index in [4.69, 9.17) is 4.84 Å². The normalized spacial score (nSPS) is 14.4. The molecule has 1 aliphatic heterocycles. The van der Waals surface area contributed by atoms with Crippen LogP contribution in [0.3, 0.4) is 0 Å². The van der Waals surface area contributed by atoms with Gasteiger partial charge in [0.15, 0.2) is 0 Å². The summed E-state index contributed by atoms with van der Waals surface area (Å²) in [6.45, 7) is 1.61. The smallest absolute Gasteiger partial charge is 0.329 e. The van der Waals surface area contributed by atoms with Gasteiger partial charge < -0.3 is 4.84 Å². The molecule has 2 aromatic carbocycles. The molecule has 1 aliphatic rings. The minimum absolute atomic E-state index is 0.208. The van der Waals surface area contributed by atoms with Gasteiger partial charge in [-0.2, -0.15) is 0 Å². The number of hydroxylamine groups is 2. The lowest BCUT2D eigenvalue weighted by atomic mass is 10.0. The van der Waals surface area contributed by atoms with Gasteiger partial charge in [0.25, 0.3) is 11.8 Å². The Kier molecular flexibility index (Phi) is 4.61. The molecule has 1 heterocycles. The predicted molar refractivity (Wildman–Crippen MR) is 86.9 cm³/mol. The number of hydrogen-bond acceptors (Lipinski definition) is 4. The SMILES string of the molecule is CC(CCc1ccccc1F)C(=O)ON1C(=O)c2ccccc2C1=O. The number of fused-ring (bicyclic) bond motifs is 1. The predicted octanol–water partition coefficient (Wildman–Crippen LogP) is 3.15. The zero-order valence-electron chi connectivity index (χ0n) is 13.6. The molecule has 128 valence electrons. The molecule has 5 nitrogen and oxygen atoms in total. The van der Waals surface area contributed by atoms with E-state index in [0.717, 1.165) is 0 Å².